The number of aliphatic hydroxyl groups excluding tert-OH is 1. The molecule has 0 saturated carbocycles. The number of carbonyl (C=O) groups is 2. The second kappa shape index (κ2) is 15.1. The van der Waals surface area contributed by atoms with Crippen molar-refractivity contribution in [2.24, 2.45) is 5.73 Å². The Morgan fingerprint density at radius 3 is 2.31 bits per heavy atom. The van der Waals surface area contributed by atoms with Crippen LogP contribution < -0.4 is 11.1 Å². The molecule has 0 heterocycles. The van der Waals surface area contributed by atoms with E-state index in [1.54, 1.807) is 29.2 Å². The van der Waals surface area contributed by atoms with Crippen LogP contribution in [0.5, 0.6) is 0 Å². The van der Waals surface area contributed by atoms with Crippen molar-refractivity contribution in [1.82, 2.24) is 10.2 Å². The van der Waals surface area contributed by atoms with Crippen LogP contribution in [-0.4, -0.2) is 47.1 Å². The van der Waals surface area contributed by atoms with Gasteiger partial charge in [0.2, 0.25) is 5.91 Å². The van der Waals surface area contributed by atoms with E-state index in [9.17, 15) is 23.5 Å². The lowest BCUT2D eigenvalue weighted by molar-refractivity contribution is -0.133. The number of nitrogens with zero attached hydrogens (tertiary/aromatic N) is 1. The van der Waals surface area contributed by atoms with Gasteiger partial charge < -0.3 is 21.1 Å². The van der Waals surface area contributed by atoms with Gasteiger partial charge in [0.1, 0.15) is 11.6 Å². The van der Waals surface area contributed by atoms with Crippen molar-refractivity contribution in [2.75, 3.05) is 13.1 Å². The molecular formula is C31H37F2N3O3. The fourth-order valence-electron chi connectivity index (χ4n) is 4.37. The summed E-state index contributed by atoms with van der Waals surface area (Å²) in [6, 6.07) is 19.2. The van der Waals surface area contributed by atoms with E-state index < -0.39 is 23.8 Å². The minimum absolute atomic E-state index is 0.0150. The van der Waals surface area contributed by atoms with E-state index in [1.807, 2.05) is 30.3 Å². The summed E-state index contributed by atoms with van der Waals surface area (Å²) in [5.41, 5.74) is 9.18. The summed E-state index contributed by atoms with van der Waals surface area (Å²) in [7, 11) is 0. The predicted molar refractivity (Wildman–Crippen MR) is 148 cm³/mol. The monoisotopic (exact) mass is 537 g/mol. The third-order valence-corrected chi connectivity index (χ3v) is 6.56. The van der Waals surface area contributed by atoms with Crippen LogP contribution in [-0.2, 0) is 24.2 Å². The number of carbonyl (C=O) groups excluding carboxylic acids is 2. The van der Waals surface area contributed by atoms with Gasteiger partial charge >= 0.3 is 0 Å². The summed E-state index contributed by atoms with van der Waals surface area (Å²) >= 11 is 0. The first-order chi connectivity index (χ1) is 18.7. The molecule has 208 valence electrons. The Morgan fingerprint density at radius 2 is 1.62 bits per heavy atom. The summed E-state index contributed by atoms with van der Waals surface area (Å²) < 4.78 is 27.2. The molecule has 0 fully saturated rings. The number of nitrogens with one attached hydrogen (secondary N) is 1. The molecule has 3 aromatic rings. The molecule has 0 aliphatic carbocycles. The molecule has 6 nitrogen and oxygen atoms in total. The van der Waals surface area contributed by atoms with Gasteiger partial charge in [-0.15, -0.1) is 0 Å². The molecule has 0 radical (unpaired) electrons. The molecule has 0 spiro atoms. The number of benzene rings is 3. The van der Waals surface area contributed by atoms with Crippen LogP contribution in [0.3, 0.4) is 0 Å². The highest BCUT2D eigenvalue weighted by atomic mass is 19.1. The Kier molecular flexibility index (Phi) is 11.6. The number of aryl methyl sites for hydroxylation is 1. The number of rotatable bonds is 14. The van der Waals surface area contributed by atoms with E-state index in [2.05, 4.69) is 12.2 Å². The maximum absolute atomic E-state index is 13.6. The summed E-state index contributed by atoms with van der Waals surface area (Å²) in [5.74, 6) is -1.72. The van der Waals surface area contributed by atoms with Gasteiger partial charge in [-0.2, -0.15) is 0 Å². The van der Waals surface area contributed by atoms with Gasteiger partial charge in [-0.25, -0.2) is 8.78 Å². The molecule has 0 unspecified atom stereocenters. The lowest BCUT2D eigenvalue weighted by Crippen LogP contribution is -2.46. The first-order valence-corrected chi connectivity index (χ1v) is 13.3. The number of hydrogen-bond donors (Lipinski definition) is 3. The molecule has 2 atom stereocenters. The standard InChI is InChI=1S/C31H37F2N3O3/c1-2-22-9-8-10-23(15-22)20-36(21-29(37)28(34)18-24-16-26(32)19-27(33)17-24)30(38)13-6-7-14-35-31(39)25-11-4-3-5-12-25/h3-5,8-12,15-17,19,28-29,37H,2,6-7,13-14,18,20-21,34H2,1H3,(H,35,39)/t28-,29+/m0/s1. The number of amides is 2. The number of halogens is 2. The maximum Gasteiger partial charge on any atom is 0.251 e. The van der Waals surface area contributed by atoms with Crippen LogP contribution in [0.25, 0.3) is 0 Å². The lowest BCUT2D eigenvalue weighted by atomic mass is 10.0. The zero-order valence-corrected chi connectivity index (χ0v) is 22.3. The van der Waals surface area contributed by atoms with E-state index in [-0.39, 0.29) is 31.2 Å². The predicted octanol–water partition coefficient (Wildman–Crippen LogP) is 4.39. The Labute approximate surface area is 228 Å². The zero-order chi connectivity index (χ0) is 28.2. The van der Waals surface area contributed by atoms with Crippen molar-refractivity contribution in [1.29, 1.82) is 0 Å². The number of aliphatic hydroxyl groups is 1. The molecule has 0 aliphatic rings. The van der Waals surface area contributed by atoms with Gasteiger partial charge in [0.25, 0.3) is 5.91 Å². The van der Waals surface area contributed by atoms with Crippen molar-refractivity contribution >= 4 is 11.8 Å². The van der Waals surface area contributed by atoms with E-state index in [1.165, 1.54) is 12.1 Å². The SMILES string of the molecule is CCc1cccc(CN(C[C@@H](O)[C@@H](N)Cc2cc(F)cc(F)c2)C(=O)CCCCNC(=O)c2ccccc2)c1. The van der Waals surface area contributed by atoms with Gasteiger partial charge in [0.15, 0.2) is 0 Å². The Hall–Kier alpha value is -3.62. The molecule has 2 amide bonds. The van der Waals surface area contributed by atoms with E-state index in [0.717, 1.165) is 23.6 Å². The summed E-state index contributed by atoms with van der Waals surface area (Å²) in [6.45, 7) is 2.78. The highest BCUT2D eigenvalue weighted by Crippen LogP contribution is 2.15. The number of unbranched alkanes of at least 4 members (excludes halogenated alkanes) is 1. The second-order valence-electron chi connectivity index (χ2n) is 9.74. The van der Waals surface area contributed by atoms with Crippen LogP contribution in [0.4, 0.5) is 8.78 Å². The molecule has 3 rings (SSSR count). The van der Waals surface area contributed by atoms with E-state index in [4.69, 9.17) is 5.73 Å². The van der Waals surface area contributed by atoms with Gasteiger partial charge in [0.05, 0.1) is 6.10 Å². The first-order valence-electron chi connectivity index (χ1n) is 13.3. The first kappa shape index (κ1) is 29.9. The van der Waals surface area contributed by atoms with Gasteiger partial charge in [-0.05, 0) is 66.6 Å². The van der Waals surface area contributed by atoms with Gasteiger partial charge in [-0.3, -0.25) is 9.59 Å². The average Bonchev–Trinajstić information content (AvgIpc) is 2.92. The summed E-state index contributed by atoms with van der Waals surface area (Å²) in [4.78, 5) is 27.0. The van der Waals surface area contributed by atoms with E-state index >= 15 is 0 Å². The van der Waals surface area contributed by atoms with Gasteiger partial charge in [-0.1, -0.05) is 49.4 Å². The lowest BCUT2D eigenvalue weighted by Gasteiger charge is -2.28. The average molecular weight is 538 g/mol. The van der Waals surface area contributed by atoms with Crippen molar-refractivity contribution in [2.45, 2.75) is 57.7 Å². The Bertz CT molecular complexity index is 1200. The molecule has 8 heteroatoms. The third kappa shape index (κ3) is 9.89. The number of nitrogens with two attached hydrogens (primary N) is 1. The fraction of sp³-hybridized carbons (Fsp3) is 0.355. The summed E-state index contributed by atoms with van der Waals surface area (Å²) in [5, 5.41) is 13.7. The van der Waals surface area contributed by atoms with Crippen molar-refractivity contribution < 1.29 is 23.5 Å². The largest absolute Gasteiger partial charge is 0.390 e. The topological polar surface area (TPSA) is 95.7 Å². The highest BCUT2D eigenvalue weighted by Gasteiger charge is 2.23. The van der Waals surface area contributed by atoms with E-state index in [0.29, 0.717) is 37.1 Å². The van der Waals surface area contributed by atoms with Crippen molar-refractivity contribution in [3.05, 3.63) is 107 Å². The molecule has 39 heavy (non-hydrogen) atoms. The third-order valence-electron chi connectivity index (χ3n) is 6.56. The molecule has 0 bridgehead atoms. The second-order valence-corrected chi connectivity index (χ2v) is 9.74. The highest BCUT2D eigenvalue weighted by molar-refractivity contribution is 5.94. The normalized spacial score (nSPS) is 12.5. The van der Waals surface area contributed by atoms with Crippen molar-refractivity contribution in [3.63, 3.8) is 0 Å². The molecular weight excluding hydrogens is 500 g/mol. The molecule has 0 saturated heterocycles. The number of hydrogen-bond acceptors (Lipinski definition) is 4. The molecule has 0 aromatic heterocycles. The van der Waals surface area contributed by atoms with Crippen LogP contribution in [0, 0.1) is 11.6 Å². The maximum atomic E-state index is 13.6. The minimum atomic E-state index is -1.10. The molecule has 0 aliphatic heterocycles. The quantitative estimate of drug-likeness (QED) is 0.266. The smallest absolute Gasteiger partial charge is 0.251 e. The van der Waals surface area contributed by atoms with Gasteiger partial charge in [0, 0.05) is 43.7 Å². The minimum Gasteiger partial charge on any atom is -0.390 e. The summed E-state index contributed by atoms with van der Waals surface area (Å²) in [6.07, 6.45) is 1.24. The Morgan fingerprint density at radius 1 is 0.923 bits per heavy atom. The zero-order valence-electron chi connectivity index (χ0n) is 22.3. The fourth-order valence-corrected chi connectivity index (χ4v) is 4.37. The van der Waals surface area contributed by atoms with Crippen LogP contribution >= 0.6 is 0 Å². The van der Waals surface area contributed by atoms with Crippen molar-refractivity contribution in [3.8, 4) is 0 Å². The van der Waals surface area contributed by atoms with Crippen LogP contribution in [0.2, 0.25) is 0 Å². The molecule has 3 aromatic carbocycles. The van der Waals surface area contributed by atoms with Crippen LogP contribution in [0.15, 0.2) is 72.8 Å². The molecule has 4 N–H and O–H groups in total. The van der Waals surface area contributed by atoms with Crippen LogP contribution in [0.1, 0.15) is 53.2 Å². The Balaban J connectivity index is 1.58.